The third kappa shape index (κ3) is 3.78. The maximum absolute atomic E-state index is 10.6. The van der Waals surface area contributed by atoms with E-state index >= 15 is 0 Å². The summed E-state index contributed by atoms with van der Waals surface area (Å²) in [4.78, 5) is 0. The molecule has 2 aliphatic carbocycles. The summed E-state index contributed by atoms with van der Waals surface area (Å²) in [7, 11) is 0. The van der Waals surface area contributed by atoms with Crippen LogP contribution >= 0.6 is 0 Å². The van der Waals surface area contributed by atoms with Gasteiger partial charge in [-0.05, 0) is 73.5 Å². The molecule has 2 unspecified atom stereocenters. The van der Waals surface area contributed by atoms with Crippen molar-refractivity contribution in [3.05, 3.63) is 29.3 Å². The van der Waals surface area contributed by atoms with Gasteiger partial charge in [-0.3, -0.25) is 0 Å². The minimum Gasteiger partial charge on any atom is -0.508 e. The summed E-state index contributed by atoms with van der Waals surface area (Å²) in [5.41, 5.74) is 2.34. The maximum Gasteiger partial charge on any atom is 0.119 e. The molecule has 2 aliphatic rings. The molecule has 0 aliphatic heterocycles. The summed E-state index contributed by atoms with van der Waals surface area (Å²) in [6.07, 6.45) is 8.31. The number of rotatable bonds is 7. The number of aliphatic hydroxyl groups excluding tert-OH is 2. The fourth-order valence-corrected chi connectivity index (χ4v) is 4.98. The molecule has 5 atom stereocenters. The number of aliphatic hydroxyl groups is 2. The van der Waals surface area contributed by atoms with Crippen molar-refractivity contribution in [2.45, 2.75) is 76.9 Å². The number of hydrogen-bond acceptors (Lipinski definition) is 3. The predicted molar refractivity (Wildman–Crippen MR) is 96.0 cm³/mol. The lowest BCUT2D eigenvalue weighted by molar-refractivity contribution is 0.0869. The Morgan fingerprint density at radius 2 is 2.00 bits per heavy atom. The predicted octanol–water partition coefficient (Wildman–Crippen LogP) is 3.83. The number of hydrogen-bond donors (Lipinski definition) is 3. The minimum absolute atomic E-state index is 0.220. The molecular formula is C21H32O3. The van der Waals surface area contributed by atoms with E-state index in [0.29, 0.717) is 23.5 Å². The second-order valence-electron chi connectivity index (χ2n) is 7.94. The highest BCUT2D eigenvalue weighted by atomic mass is 16.3. The van der Waals surface area contributed by atoms with Gasteiger partial charge >= 0.3 is 0 Å². The van der Waals surface area contributed by atoms with Crippen LogP contribution in [0.25, 0.3) is 0 Å². The molecule has 0 amide bonds. The van der Waals surface area contributed by atoms with Crippen LogP contribution in [-0.2, 0) is 12.8 Å². The van der Waals surface area contributed by atoms with Crippen LogP contribution < -0.4 is 0 Å². The van der Waals surface area contributed by atoms with Crippen LogP contribution in [0.5, 0.6) is 5.75 Å². The van der Waals surface area contributed by atoms with Crippen LogP contribution in [0.4, 0.5) is 0 Å². The van der Waals surface area contributed by atoms with Crippen molar-refractivity contribution in [2.24, 2.45) is 17.8 Å². The quantitative estimate of drug-likeness (QED) is 0.665. The molecule has 1 aromatic rings. The summed E-state index contributed by atoms with van der Waals surface area (Å²) < 4.78 is 0. The Hall–Kier alpha value is -1.06. The molecule has 0 spiro atoms. The van der Waals surface area contributed by atoms with Gasteiger partial charge in [0.2, 0.25) is 0 Å². The first kappa shape index (κ1) is 17.8. The number of benzene rings is 1. The van der Waals surface area contributed by atoms with E-state index in [-0.39, 0.29) is 12.2 Å². The Morgan fingerprint density at radius 1 is 1.17 bits per heavy atom. The highest BCUT2D eigenvalue weighted by molar-refractivity contribution is 5.42. The molecule has 3 rings (SSSR count). The largest absolute Gasteiger partial charge is 0.508 e. The molecule has 1 fully saturated rings. The highest BCUT2D eigenvalue weighted by Crippen LogP contribution is 2.48. The van der Waals surface area contributed by atoms with Crippen molar-refractivity contribution in [3.8, 4) is 5.75 Å². The van der Waals surface area contributed by atoms with Crippen LogP contribution in [-0.4, -0.2) is 27.5 Å². The summed E-state index contributed by atoms with van der Waals surface area (Å²) in [5.74, 6) is 1.68. The van der Waals surface area contributed by atoms with E-state index in [0.717, 1.165) is 50.5 Å². The molecular weight excluding hydrogens is 300 g/mol. The van der Waals surface area contributed by atoms with Crippen molar-refractivity contribution in [3.63, 3.8) is 0 Å². The van der Waals surface area contributed by atoms with Gasteiger partial charge in [0.15, 0.2) is 0 Å². The zero-order valence-electron chi connectivity index (χ0n) is 14.8. The number of phenolic OH excluding ortho intramolecular Hbond substituents is 1. The van der Waals surface area contributed by atoms with E-state index in [1.165, 1.54) is 18.4 Å². The van der Waals surface area contributed by atoms with E-state index in [9.17, 15) is 15.3 Å². The van der Waals surface area contributed by atoms with E-state index in [1.54, 1.807) is 6.07 Å². The van der Waals surface area contributed by atoms with E-state index in [2.05, 4.69) is 13.0 Å². The van der Waals surface area contributed by atoms with E-state index in [1.807, 2.05) is 6.07 Å². The molecule has 0 heterocycles. The molecule has 0 radical (unpaired) electrons. The van der Waals surface area contributed by atoms with E-state index in [4.69, 9.17) is 0 Å². The van der Waals surface area contributed by atoms with Crippen molar-refractivity contribution in [2.75, 3.05) is 0 Å². The zero-order valence-corrected chi connectivity index (χ0v) is 14.8. The molecule has 0 bridgehead atoms. The fraction of sp³-hybridized carbons (Fsp3) is 0.714. The number of phenols is 1. The normalized spacial score (nSPS) is 30.0. The Bertz CT molecular complexity index is 542. The van der Waals surface area contributed by atoms with Gasteiger partial charge in [-0.2, -0.15) is 0 Å². The zero-order chi connectivity index (χ0) is 17.1. The van der Waals surface area contributed by atoms with Gasteiger partial charge < -0.3 is 15.3 Å². The lowest BCUT2D eigenvalue weighted by Gasteiger charge is -2.32. The average molecular weight is 332 g/mol. The monoisotopic (exact) mass is 332 g/mol. The average Bonchev–Trinajstić information content (AvgIpc) is 2.86. The molecule has 1 saturated carbocycles. The van der Waals surface area contributed by atoms with Crippen molar-refractivity contribution in [1.82, 2.24) is 0 Å². The van der Waals surface area contributed by atoms with E-state index < -0.39 is 0 Å². The van der Waals surface area contributed by atoms with Gasteiger partial charge in [0.05, 0.1) is 12.2 Å². The number of fused-ring (bicyclic) bond motifs is 2. The summed E-state index contributed by atoms with van der Waals surface area (Å²) in [6, 6.07) is 5.81. The number of unbranched alkanes of at least 4 members (excludes halogenated alkanes) is 2. The van der Waals surface area contributed by atoms with Gasteiger partial charge in [-0.15, -0.1) is 0 Å². The first-order chi connectivity index (χ1) is 11.6. The lowest BCUT2D eigenvalue weighted by atomic mass is 9.73. The number of aromatic hydroxyl groups is 1. The second kappa shape index (κ2) is 7.88. The fourth-order valence-electron chi connectivity index (χ4n) is 4.98. The molecule has 3 heteroatoms. The molecule has 134 valence electrons. The van der Waals surface area contributed by atoms with Crippen LogP contribution in [0.2, 0.25) is 0 Å². The standard InChI is InChI=1S/C21H32O3/c1-2-3-4-7-16(22)9-10-17-18-11-14-6-5-8-20(23)19(14)12-15(18)13-21(17)24/h5-6,8,15-18,21-24H,2-4,7,9-13H2,1H3/t15?,16-,17?,18-,21+/m0/s1. The van der Waals surface area contributed by atoms with Gasteiger partial charge in [0, 0.05) is 0 Å². The Labute approximate surface area is 145 Å². The molecule has 0 aromatic heterocycles. The summed E-state index contributed by atoms with van der Waals surface area (Å²) in [6.45, 7) is 2.18. The van der Waals surface area contributed by atoms with Gasteiger partial charge in [0.25, 0.3) is 0 Å². The third-order valence-electron chi connectivity index (χ3n) is 6.34. The first-order valence-corrected chi connectivity index (χ1v) is 9.76. The summed E-state index contributed by atoms with van der Waals surface area (Å²) >= 11 is 0. The Kier molecular flexibility index (Phi) is 5.83. The van der Waals surface area contributed by atoms with Crippen molar-refractivity contribution >= 4 is 0 Å². The molecule has 24 heavy (non-hydrogen) atoms. The Morgan fingerprint density at radius 3 is 2.79 bits per heavy atom. The van der Waals surface area contributed by atoms with Gasteiger partial charge in [-0.1, -0.05) is 38.3 Å². The van der Waals surface area contributed by atoms with Crippen molar-refractivity contribution in [1.29, 1.82) is 0 Å². The van der Waals surface area contributed by atoms with Crippen LogP contribution in [0.15, 0.2) is 18.2 Å². The molecule has 3 nitrogen and oxygen atoms in total. The van der Waals surface area contributed by atoms with Crippen molar-refractivity contribution < 1.29 is 15.3 Å². The Balaban J connectivity index is 1.59. The smallest absolute Gasteiger partial charge is 0.119 e. The van der Waals surface area contributed by atoms with Crippen LogP contribution in [0.3, 0.4) is 0 Å². The van der Waals surface area contributed by atoms with Gasteiger partial charge in [-0.25, -0.2) is 0 Å². The maximum atomic E-state index is 10.6. The lowest BCUT2D eigenvalue weighted by Crippen LogP contribution is -2.27. The molecule has 1 aromatic carbocycles. The first-order valence-electron chi connectivity index (χ1n) is 9.76. The SMILES string of the molecule is CCCCC[C@H](O)CCC1[C@H]2Cc3cccc(O)c3CC2C[C@H]1O. The van der Waals surface area contributed by atoms with Gasteiger partial charge in [0.1, 0.15) is 5.75 Å². The van der Waals surface area contributed by atoms with Crippen LogP contribution in [0, 0.1) is 17.8 Å². The third-order valence-corrected chi connectivity index (χ3v) is 6.34. The molecule has 0 saturated heterocycles. The van der Waals surface area contributed by atoms with Crippen LogP contribution in [0.1, 0.15) is 63.0 Å². The summed E-state index contributed by atoms with van der Waals surface area (Å²) in [5, 5.41) is 30.8. The highest BCUT2D eigenvalue weighted by Gasteiger charge is 2.44. The second-order valence-corrected chi connectivity index (χ2v) is 7.94. The molecule has 3 N–H and O–H groups in total. The minimum atomic E-state index is -0.251. The topological polar surface area (TPSA) is 60.7 Å².